The van der Waals surface area contributed by atoms with E-state index in [9.17, 15) is 4.79 Å². The Labute approximate surface area is 128 Å². The Balaban J connectivity index is 1.89. The highest BCUT2D eigenvalue weighted by molar-refractivity contribution is 7.12. The normalized spacial score (nSPS) is 11.5. The molecule has 0 saturated carbocycles. The van der Waals surface area contributed by atoms with Crippen molar-refractivity contribution in [2.75, 3.05) is 6.61 Å². The first-order valence-electron chi connectivity index (χ1n) is 6.58. The molecule has 0 aliphatic heterocycles. The maximum absolute atomic E-state index is 11.9. The van der Waals surface area contributed by atoms with Gasteiger partial charge >= 0.3 is 0 Å². The number of benzene rings is 1. The monoisotopic (exact) mass is 300 g/mol. The van der Waals surface area contributed by atoms with Crippen LogP contribution in [-0.2, 0) is 4.79 Å². The van der Waals surface area contributed by atoms with Crippen molar-refractivity contribution in [3.63, 3.8) is 0 Å². The van der Waals surface area contributed by atoms with Gasteiger partial charge in [-0.1, -0.05) is 12.1 Å². The Hall–Kier alpha value is -2.32. The van der Waals surface area contributed by atoms with Crippen molar-refractivity contribution in [3.8, 4) is 11.8 Å². The van der Waals surface area contributed by atoms with Gasteiger partial charge in [-0.05, 0) is 38.1 Å². The van der Waals surface area contributed by atoms with Crippen LogP contribution in [-0.4, -0.2) is 12.5 Å². The average molecular weight is 300 g/mol. The lowest BCUT2D eigenvalue weighted by Gasteiger charge is -2.13. The van der Waals surface area contributed by atoms with E-state index in [1.807, 2.05) is 32.0 Å². The average Bonchev–Trinajstić information content (AvgIpc) is 2.92. The molecular formula is C16H16N2O2S. The van der Waals surface area contributed by atoms with Crippen LogP contribution in [0.1, 0.15) is 28.3 Å². The molecule has 0 aliphatic carbocycles. The van der Waals surface area contributed by atoms with Crippen molar-refractivity contribution in [1.82, 2.24) is 5.32 Å². The predicted molar refractivity (Wildman–Crippen MR) is 82.3 cm³/mol. The third-order valence-corrected chi connectivity index (χ3v) is 4.12. The zero-order valence-corrected chi connectivity index (χ0v) is 12.7. The van der Waals surface area contributed by atoms with Gasteiger partial charge in [0.15, 0.2) is 6.61 Å². The standard InChI is InChI=1S/C16H16N2O2S/c1-11-7-8-15(21-11)12(2)18-16(19)10-20-14-6-4-3-5-13(14)9-17/h3-8,12H,10H2,1-2H3,(H,18,19). The number of thiophene rings is 1. The minimum Gasteiger partial charge on any atom is -0.482 e. The molecule has 1 heterocycles. The molecule has 2 rings (SSSR count). The fourth-order valence-corrected chi connectivity index (χ4v) is 2.75. The topological polar surface area (TPSA) is 62.1 Å². The highest BCUT2D eigenvalue weighted by atomic mass is 32.1. The van der Waals surface area contributed by atoms with E-state index in [1.54, 1.807) is 35.6 Å². The minimum atomic E-state index is -0.207. The Morgan fingerprint density at radius 3 is 2.81 bits per heavy atom. The van der Waals surface area contributed by atoms with E-state index >= 15 is 0 Å². The molecule has 21 heavy (non-hydrogen) atoms. The third-order valence-electron chi connectivity index (χ3n) is 2.93. The van der Waals surface area contributed by atoms with Gasteiger partial charge in [0.1, 0.15) is 11.8 Å². The highest BCUT2D eigenvalue weighted by Gasteiger charge is 2.12. The molecule has 0 spiro atoms. The molecule has 5 heteroatoms. The van der Waals surface area contributed by atoms with Crippen LogP contribution in [0.5, 0.6) is 5.75 Å². The molecule has 1 unspecified atom stereocenters. The fraction of sp³-hybridized carbons (Fsp3) is 0.250. The summed E-state index contributed by atoms with van der Waals surface area (Å²) in [4.78, 5) is 14.2. The smallest absolute Gasteiger partial charge is 0.258 e. The van der Waals surface area contributed by atoms with Crippen LogP contribution in [0.25, 0.3) is 0 Å². The van der Waals surface area contributed by atoms with E-state index in [1.165, 1.54) is 4.88 Å². The van der Waals surface area contributed by atoms with Gasteiger partial charge in [-0.2, -0.15) is 5.26 Å². The number of amides is 1. The van der Waals surface area contributed by atoms with Crippen molar-refractivity contribution in [3.05, 3.63) is 51.7 Å². The van der Waals surface area contributed by atoms with Crippen molar-refractivity contribution < 1.29 is 9.53 Å². The van der Waals surface area contributed by atoms with E-state index in [0.717, 1.165) is 4.88 Å². The summed E-state index contributed by atoms with van der Waals surface area (Å²) in [5, 5.41) is 11.8. The largest absolute Gasteiger partial charge is 0.482 e. The summed E-state index contributed by atoms with van der Waals surface area (Å²) in [5.74, 6) is 0.219. The molecule has 4 nitrogen and oxygen atoms in total. The SMILES string of the molecule is Cc1ccc(C(C)NC(=O)COc2ccccc2C#N)s1. The van der Waals surface area contributed by atoms with Crippen LogP contribution >= 0.6 is 11.3 Å². The van der Waals surface area contributed by atoms with Crippen molar-refractivity contribution in [1.29, 1.82) is 5.26 Å². The number of nitrogens with one attached hydrogen (secondary N) is 1. The number of hydrogen-bond donors (Lipinski definition) is 1. The first-order valence-corrected chi connectivity index (χ1v) is 7.39. The van der Waals surface area contributed by atoms with Crippen LogP contribution in [0.3, 0.4) is 0 Å². The number of aryl methyl sites for hydroxylation is 1. The van der Waals surface area contributed by atoms with E-state index in [-0.39, 0.29) is 18.6 Å². The van der Waals surface area contributed by atoms with Crippen LogP contribution in [0.2, 0.25) is 0 Å². The van der Waals surface area contributed by atoms with Gasteiger partial charge in [-0.15, -0.1) is 11.3 Å². The summed E-state index contributed by atoms with van der Waals surface area (Å²) in [6.07, 6.45) is 0. The summed E-state index contributed by atoms with van der Waals surface area (Å²) in [5.41, 5.74) is 0.423. The Kier molecular flexibility index (Phi) is 4.96. The zero-order valence-electron chi connectivity index (χ0n) is 11.9. The summed E-state index contributed by atoms with van der Waals surface area (Å²) >= 11 is 1.66. The number of nitriles is 1. The second kappa shape index (κ2) is 6.91. The van der Waals surface area contributed by atoms with E-state index in [4.69, 9.17) is 10.00 Å². The molecule has 1 aromatic heterocycles. The van der Waals surface area contributed by atoms with Gasteiger partial charge in [-0.3, -0.25) is 4.79 Å². The predicted octanol–water partition coefficient (Wildman–Crippen LogP) is 3.18. The molecule has 1 amide bonds. The lowest BCUT2D eigenvalue weighted by Crippen LogP contribution is -2.31. The van der Waals surface area contributed by atoms with E-state index < -0.39 is 0 Å². The summed E-state index contributed by atoms with van der Waals surface area (Å²) < 4.78 is 5.40. The molecule has 0 fully saturated rings. The quantitative estimate of drug-likeness (QED) is 0.922. The van der Waals surface area contributed by atoms with Crippen LogP contribution < -0.4 is 10.1 Å². The van der Waals surface area contributed by atoms with Crippen LogP contribution in [0.4, 0.5) is 0 Å². The van der Waals surface area contributed by atoms with E-state index in [2.05, 4.69) is 5.32 Å². The lowest BCUT2D eigenvalue weighted by atomic mass is 10.2. The molecule has 108 valence electrons. The van der Waals surface area contributed by atoms with E-state index in [0.29, 0.717) is 11.3 Å². The number of para-hydroxylation sites is 1. The highest BCUT2D eigenvalue weighted by Crippen LogP contribution is 2.22. The number of ether oxygens (including phenoxy) is 1. The van der Waals surface area contributed by atoms with Gasteiger partial charge in [-0.25, -0.2) is 0 Å². The number of carbonyl (C=O) groups excluding carboxylic acids is 1. The minimum absolute atomic E-state index is 0.0500. The molecule has 1 N–H and O–H groups in total. The molecular weight excluding hydrogens is 284 g/mol. The van der Waals surface area contributed by atoms with Gasteiger partial charge in [0.2, 0.25) is 0 Å². The summed E-state index contributed by atoms with van der Waals surface area (Å²) in [7, 11) is 0. The first-order chi connectivity index (χ1) is 10.1. The molecule has 1 atom stereocenters. The molecule has 0 aliphatic rings. The Bertz CT molecular complexity index is 673. The van der Waals surface area contributed by atoms with Crippen molar-refractivity contribution >= 4 is 17.2 Å². The lowest BCUT2D eigenvalue weighted by molar-refractivity contribution is -0.123. The maximum atomic E-state index is 11.9. The zero-order chi connectivity index (χ0) is 15.2. The van der Waals surface area contributed by atoms with Crippen LogP contribution in [0, 0.1) is 18.3 Å². The van der Waals surface area contributed by atoms with Crippen LogP contribution in [0.15, 0.2) is 36.4 Å². The maximum Gasteiger partial charge on any atom is 0.258 e. The van der Waals surface area contributed by atoms with Crippen molar-refractivity contribution in [2.24, 2.45) is 0 Å². The number of carbonyl (C=O) groups is 1. The van der Waals surface area contributed by atoms with Gasteiger partial charge in [0.05, 0.1) is 11.6 Å². The van der Waals surface area contributed by atoms with Gasteiger partial charge < -0.3 is 10.1 Å². The molecule has 0 saturated heterocycles. The van der Waals surface area contributed by atoms with Gasteiger partial charge in [0, 0.05) is 9.75 Å². The first kappa shape index (κ1) is 15.1. The van der Waals surface area contributed by atoms with Gasteiger partial charge in [0.25, 0.3) is 5.91 Å². The number of rotatable bonds is 5. The Morgan fingerprint density at radius 2 is 2.14 bits per heavy atom. The summed E-state index contributed by atoms with van der Waals surface area (Å²) in [6, 6.07) is 12.9. The Morgan fingerprint density at radius 1 is 1.38 bits per heavy atom. The van der Waals surface area contributed by atoms with Crippen molar-refractivity contribution in [2.45, 2.75) is 19.9 Å². The second-order valence-electron chi connectivity index (χ2n) is 4.63. The summed E-state index contributed by atoms with van der Waals surface area (Å²) in [6.45, 7) is 3.87. The molecule has 2 aromatic rings. The number of nitrogens with zero attached hydrogens (tertiary/aromatic N) is 1. The fourth-order valence-electron chi connectivity index (χ4n) is 1.87. The molecule has 0 radical (unpaired) electrons. The second-order valence-corrected chi connectivity index (χ2v) is 5.95. The molecule has 1 aromatic carbocycles. The third kappa shape index (κ3) is 4.07. The molecule has 0 bridgehead atoms. The number of hydrogen-bond acceptors (Lipinski definition) is 4.